The Bertz CT molecular complexity index is 1550. The van der Waals surface area contributed by atoms with Gasteiger partial charge in [0.15, 0.2) is 0 Å². The van der Waals surface area contributed by atoms with E-state index in [1.807, 2.05) is 33.3 Å². The molecule has 0 spiro atoms. The lowest BCUT2D eigenvalue weighted by Crippen LogP contribution is -2.47. The number of carbonyl (C=O) groups excluding carboxylic acids is 2. The number of phosphoric ester groups is 1. The highest BCUT2D eigenvalue weighted by atomic mass is 31.2. The van der Waals surface area contributed by atoms with Gasteiger partial charge >= 0.3 is 5.97 Å². The van der Waals surface area contributed by atoms with Crippen molar-refractivity contribution in [3.63, 3.8) is 0 Å². The summed E-state index contributed by atoms with van der Waals surface area (Å²) >= 11 is 0. The highest BCUT2D eigenvalue weighted by Crippen LogP contribution is 2.38. The van der Waals surface area contributed by atoms with Crippen LogP contribution in [0.2, 0.25) is 0 Å². The minimum Gasteiger partial charge on any atom is -0.756 e. The Morgan fingerprint density at radius 1 is 0.438 bits per heavy atom. The Labute approximate surface area is 496 Å². The van der Waals surface area contributed by atoms with Gasteiger partial charge in [-0.2, -0.15) is 0 Å². The van der Waals surface area contributed by atoms with Gasteiger partial charge in [-0.15, -0.1) is 0 Å². The van der Waals surface area contributed by atoms with Crippen LogP contribution in [0.3, 0.4) is 0 Å². The number of nitrogens with zero attached hydrogens (tertiary/aromatic N) is 1. The van der Waals surface area contributed by atoms with E-state index in [9.17, 15) is 19.0 Å². The van der Waals surface area contributed by atoms with Crippen LogP contribution < -0.4 is 10.2 Å². The second-order valence-corrected chi connectivity index (χ2v) is 25.7. The summed E-state index contributed by atoms with van der Waals surface area (Å²) in [6.07, 6.45) is 76.3. The molecule has 0 heterocycles. The molecule has 0 aliphatic rings. The van der Waals surface area contributed by atoms with Crippen molar-refractivity contribution in [2.75, 3.05) is 40.9 Å². The topological polar surface area (TPSA) is 114 Å². The molecule has 0 aliphatic heterocycles. The normalized spacial score (nSPS) is 13.9. The zero-order valence-corrected chi connectivity index (χ0v) is 54.4. The Kier molecular flexibility index (Phi) is 58.1. The number of ether oxygens (including phenoxy) is 1. The molecule has 9 nitrogen and oxygen atoms in total. The smallest absolute Gasteiger partial charge is 0.306 e. The molecule has 1 amide bonds. The first-order valence-corrected chi connectivity index (χ1v) is 35.6. The lowest BCUT2D eigenvalue weighted by atomic mass is 10.0. The maximum Gasteiger partial charge on any atom is 0.306 e. The molecule has 0 aromatic rings. The van der Waals surface area contributed by atoms with Crippen LogP contribution in [0.15, 0.2) is 60.8 Å². The number of unbranched alkanes of at least 4 members (excludes halogenated alkanes) is 38. The Hall–Kier alpha value is -2.29. The van der Waals surface area contributed by atoms with E-state index in [1.165, 1.54) is 199 Å². The third kappa shape index (κ3) is 60.3. The van der Waals surface area contributed by atoms with Crippen molar-refractivity contribution >= 4 is 19.7 Å². The van der Waals surface area contributed by atoms with Crippen molar-refractivity contribution in [3.8, 4) is 0 Å². The van der Waals surface area contributed by atoms with Crippen molar-refractivity contribution in [2.45, 2.75) is 335 Å². The summed E-state index contributed by atoms with van der Waals surface area (Å²) in [5.74, 6) is -0.542. The van der Waals surface area contributed by atoms with E-state index in [2.05, 4.69) is 74.7 Å². The Morgan fingerprint density at radius 2 is 0.762 bits per heavy atom. The van der Waals surface area contributed by atoms with Gasteiger partial charge in [-0.05, 0) is 96.0 Å². The third-order valence-electron chi connectivity index (χ3n) is 15.2. The lowest BCUT2D eigenvalue weighted by Gasteiger charge is -2.30. The van der Waals surface area contributed by atoms with Crippen LogP contribution in [0.4, 0.5) is 0 Å². The molecule has 80 heavy (non-hydrogen) atoms. The molecule has 468 valence electrons. The number of allylic oxidation sites excluding steroid dienone is 9. The van der Waals surface area contributed by atoms with Crippen molar-refractivity contribution in [3.05, 3.63) is 60.8 Å². The van der Waals surface area contributed by atoms with Crippen LogP contribution in [-0.4, -0.2) is 69.4 Å². The van der Waals surface area contributed by atoms with Gasteiger partial charge in [-0.1, -0.05) is 275 Å². The van der Waals surface area contributed by atoms with Crippen LogP contribution in [0.25, 0.3) is 0 Å². The summed E-state index contributed by atoms with van der Waals surface area (Å²) in [7, 11) is 1.19. The zero-order chi connectivity index (χ0) is 58.6. The van der Waals surface area contributed by atoms with Crippen molar-refractivity contribution < 1.29 is 37.3 Å². The Morgan fingerprint density at radius 3 is 1.18 bits per heavy atom. The number of esters is 1. The minimum absolute atomic E-state index is 0.0238. The fourth-order valence-electron chi connectivity index (χ4n) is 9.88. The number of hydrogen-bond donors (Lipinski definition) is 1. The van der Waals surface area contributed by atoms with Crippen molar-refractivity contribution in [2.24, 2.45) is 0 Å². The summed E-state index contributed by atoms with van der Waals surface area (Å²) in [6.45, 7) is 6.83. The summed E-state index contributed by atoms with van der Waals surface area (Å²) in [5, 5.41) is 3.03. The Balaban J connectivity index is 5.01. The van der Waals surface area contributed by atoms with Crippen molar-refractivity contribution in [1.29, 1.82) is 0 Å². The molecule has 0 radical (unpaired) electrons. The molecule has 0 bridgehead atoms. The van der Waals surface area contributed by atoms with E-state index in [-0.39, 0.29) is 24.9 Å². The molecule has 0 fully saturated rings. The predicted molar refractivity (Wildman–Crippen MR) is 344 cm³/mol. The highest BCUT2D eigenvalue weighted by Gasteiger charge is 2.27. The first-order chi connectivity index (χ1) is 38.9. The van der Waals surface area contributed by atoms with E-state index in [1.54, 1.807) is 0 Å². The maximum absolute atomic E-state index is 13.5. The molecule has 0 saturated heterocycles. The summed E-state index contributed by atoms with van der Waals surface area (Å²) in [5.41, 5.74) is 0. The molecular formula is C70H131N2O7P. The number of likely N-dealkylation sites (N-methyl/N-ethyl adjacent to an activating group) is 1. The number of carbonyl (C=O) groups is 2. The molecule has 0 aliphatic carbocycles. The first-order valence-electron chi connectivity index (χ1n) is 34.1. The van der Waals surface area contributed by atoms with Gasteiger partial charge in [-0.25, -0.2) is 0 Å². The minimum atomic E-state index is -4.70. The SMILES string of the molecule is CCCCC/C=C\C/C=C\C/C=C\CCCCCCCCCCCCCCCCC(=O)OC(/C=C\CCCCCCCCCCC)C(COP(=O)([O-])OCC[N+](C)(C)C)NC(=O)CCCCCCC/C=C/CCCCCCCCC. The number of hydrogen-bond acceptors (Lipinski definition) is 7. The van der Waals surface area contributed by atoms with Gasteiger partial charge in [-0.3, -0.25) is 14.2 Å². The lowest BCUT2D eigenvalue weighted by molar-refractivity contribution is -0.870. The summed E-state index contributed by atoms with van der Waals surface area (Å²) in [4.78, 5) is 40.1. The largest absolute Gasteiger partial charge is 0.756 e. The third-order valence-corrected chi connectivity index (χ3v) is 16.1. The summed E-state index contributed by atoms with van der Waals surface area (Å²) < 4.78 is 30.4. The maximum atomic E-state index is 13.5. The average molecular weight is 1140 g/mol. The number of rotatable bonds is 62. The number of quaternary nitrogens is 1. The van der Waals surface area contributed by atoms with Gasteiger partial charge in [0.1, 0.15) is 19.3 Å². The van der Waals surface area contributed by atoms with Gasteiger partial charge in [0.25, 0.3) is 7.82 Å². The zero-order valence-electron chi connectivity index (χ0n) is 53.5. The fraction of sp³-hybridized carbons (Fsp3) is 0.829. The van der Waals surface area contributed by atoms with E-state index in [0.29, 0.717) is 17.4 Å². The number of amides is 1. The molecule has 1 N–H and O–H groups in total. The molecule has 0 aromatic carbocycles. The van der Waals surface area contributed by atoms with E-state index >= 15 is 0 Å². The molecule has 3 atom stereocenters. The fourth-order valence-corrected chi connectivity index (χ4v) is 10.6. The van der Waals surface area contributed by atoms with Crippen LogP contribution in [0.5, 0.6) is 0 Å². The van der Waals surface area contributed by atoms with Crippen LogP contribution in [0, 0.1) is 0 Å². The molecule has 0 rings (SSSR count). The second kappa shape index (κ2) is 59.9. The van der Waals surface area contributed by atoms with Crippen molar-refractivity contribution in [1.82, 2.24) is 5.32 Å². The standard InChI is InChI=1S/C70H131N2O7P/c1-7-10-13-16-19-22-25-27-29-31-32-33-34-35-36-37-38-39-40-41-43-45-48-51-54-57-60-63-70(74)79-68(61-58-55-52-49-46-24-21-18-15-12-9-3)67(66-78-80(75,76)77-65-64-72(4,5)6)71-69(73)62-59-56-53-50-47-44-42-30-28-26-23-20-17-14-11-8-2/h19,22,27,29-30,32-33,42,58,61,67-68H,7-18,20-21,23-26,28,31,34-41,43-57,59-60,62-66H2,1-6H3,(H-,71,73,75,76)/b22-19-,29-27-,33-32-,42-30+,61-58-. The van der Waals surface area contributed by atoms with Crippen LogP contribution >= 0.6 is 7.82 Å². The quantitative estimate of drug-likeness (QED) is 0.0212. The summed E-state index contributed by atoms with van der Waals surface area (Å²) in [6, 6.07) is -0.892. The van der Waals surface area contributed by atoms with E-state index in [0.717, 1.165) is 89.9 Å². The highest BCUT2D eigenvalue weighted by molar-refractivity contribution is 7.45. The molecule has 0 aromatic heterocycles. The number of nitrogens with one attached hydrogen (secondary N) is 1. The van der Waals surface area contributed by atoms with E-state index < -0.39 is 26.6 Å². The monoisotopic (exact) mass is 1140 g/mol. The van der Waals surface area contributed by atoms with Gasteiger partial charge in [0.2, 0.25) is 5.91 Å². The first kappa shape index (κ1) is 77.7. The van der Waals surface area contributed by atoms with E-state index in [4.69, 9.17) is 13.8 Å². The molecular weight excluding hydrogens is 1010 g/mol. The molecule has 3 unspecified atom stereocenters. The van der Waals surface area contributed by atoms with Crippen LogP contribution in [-0.2, 0) is 27.9 Å². The predicted octanol–water partition coefficient (Wildman–Crippen LogP) is 20.8. The number of phosphoric acid groups is 1. The molecule has 0 saturated carbocycles. The van der Waals surface area contributed by atoms with Gasteiger partial charge in [0.05, 0.1) is 33.8 Å². The van der Waals surface area contributed by atoms with Gasteiger partial charge < -0.3 is 28.5 Å². The van der Waals surface area contributed by atoms with Crippen LogP contribution in [0.1, 0.15) is 323 Å². The molecule has 10 heteroatoms. The van der Waals surface area contributed by atoms with Gasteiger partial charge in [0, 0.05) is 12.8 Å². The second-order valence-electron chi connectivity index (χ2n) is 24.3. The average Bonchev–Trinajstić information content (AvgIpc) is 3.43.